The summed E-state index contributed by atoms with van der Waals surface area (Å²) in [7, 11) is -2.20. The molecule has 0 aliphatic carbocycles. The van der Waals surface area contributed by atoms with Crippen molar-refractivity contribution < 1.29 is 31.1 Å². The summed E-state index contributed by atoms with van der Waals surface area (Å²) in [6.45, 7) is 1.34. The molecule has 1 aromatic heterocycles. The zero-order valence-electron chi connectivity index (χ0n) is 20.0. The van der Waals surface area contributed by atoms with Crippen LogP contribution in [0.1, 0.15) is 34.6 Å². The minimum absolute atomic E-state index is 0.240. The van der Waals surface area contributed by atoms with Crippen LogP contribution < -0.4 is 10.1 Å². The number of halogens is 3. The first-order valence-electron chi connectivity index (χ1n) is 11.2. The summed E-state index contributed by atoms with van der Waals surface area (Å²) < 4.78 is 73.7. The molecule has 0 radical (unpaired) electrons. The van der Waals surface area contributed by atoms with E-state index in [2.05, 4.69) is 14.8 Å². The standard InChI is InChI=1S/C24H24F3N5O4S/c1-36-19-11-9-18(10-12-19)32-20(15-21(29-32)24(25,26)27)23(33)28-17-7-5-16(6-8-17)22(30-37(2,34)35)31-13-3-4-14-31/h5-12,15H,3-4,13-14H2,1-2H3,(H,28,33). The Hall–Kier alpha value is -3.87. The summed E-state index contributed by atoms with van der Waals surface area (Å²) in [4.78, 5) is 14.9. The van der Waals surface area contributed by atoms with E-state index >= 15 is 0 Å². The lowest BCUT2D eigenvalue weighted by atomic mass is 10.1. The Balaban J connectivity index is 1.62. The van der Waals surface area contributed by atoms with Crippen molar-refractivity contribution >= 4 is 27.5 Å². The number of nitrogens with one attached hydrogen (secondary N) is 1. The van der Waals surface area contributed by atoms with Crippen LogP contribution in [0, 0.1) is 0 Å². The van der Waals surface area contributed by atoms with Gasteiger partial charge in [0.1, 0.15) is 17.3 Å². The molecule has 0 bridgehead atoms. The third-order valence-electron chi connectivity index (χ3n) is 5.61. The Kier molecular flexibility index (Phi) is 7.25. The summed E-state index contributed by atoms with van der Waals surface area (Å²) in [5, 5.41) is 6.17. The van der Waals surface area contributed by atoms with Crippen molar-refractivity contribution in [2.45, 2.75) is 19.0 Å². The van der Waals surface area contributed by atoms with Gasteiger partial charge in [-0.2, -0.15) is 18.3 Å². The van der Waals surface area contributed by atoms with Crippen molar-refractivity contribution in [2.24, 2.45) is 4.40 Å². The predicted molar refractivity (Wildman–Crippen MR) is 132 cm³/mol. The second-order valence-electron chi connectivity index (χ2n) is 8.40. The molecule has 1 fully saturated rings. The largest absolute Gasteiger partial charge is 0.497 e. The first-order valence-corrected chi connectivity index (χ1v) is 13.1. The van der Waals surface area contributed by atoms with E-state index < -0.39 is 27.8 Å². The van der Waals surface area contributed by atoms with Crippen LogP contribution in [0.4, 0.5) is 18.9 Å². The fourth-order valence-electron chi connectivity index (χ4n) is 3.88. The van der Waals surface area contributed by atoms with Gasteiger partial charge in [0.25, 0.3) is 15.9 Å². The first-order chi connectivity index (χ1) is 17.4. The fraction of sp³-hybridized carbons (Fsp3) is 0.292. The maximum Gasteiger partial charge on any atom is 0.435 e. The van der Waals surface area contributed by atoms with Gasteiger partial charge in [0.15, 0.2) is 5.69 Å². The van der Waals surface area contributed by atoms with E-state index in [9.17, 15) is 26.4 Å². The van der Waals surface area contributed by atoms with Gasteiger partial charge in [0, 0.05) is 30.4 Å². The lowest BCUT2D eigenvalue weighted by Crippen LogP contribution is -2.29. The van der Waals surface area contributed by atoms with Gasteiger partial charge in [0.2, 0.25) is 0 Å². The molecule has 196 valence electrons. The third kappa shape index (κ3) is 6.28. The molecule has 9 nitrogen and oxygen atoms in total. The molecule has 1 amide bonds. The summed E-state index contributed by atoms with van der Waals surface area (Å²) in [5.74, 6) is -0.00725. The maximum atomic E-state index is 13.4. The molecule has 1 N–H and O–H groups in total. The number of amidine groups is 1. The number of nitrogens with zero attached hydrogens (tertiary/aromatic N) is 4. The van der Waals surface area contributed by atoms with Crippen molar-refractivity contribution in [2.75, 3.05) is 31.8 Å². The number of ether oxygens (including phenoxy) is 1. The molecule has 0 saturated carbocycles. The fourth-order valence-corrected chi connectivity index (χ4v) is 4.41. The zero-order chi connectivity index (χ0) is 26.8. The molecule has 1 aliphatic heterocycles. The van der Waals surface area contributed by atoms with Crippen molar-refractivity contribution in [1.82, 2.24) is 14.7 Å². The van der Waals surface area contributed by atoms with Gasteiger partial charge in [-0.3, -0.25) is 4.79 Å². The third-order valence-corrected chi connectivity index (χ3v) is 6.11. The van der Waals surface area contributed by atoms with Gasteiger partial charge in [-0.25, -0.2) is 13.1 Å². The van der Waals surface area contributed by atoms with Gasteiger partial charge in [-0.1, -0.05) is 0 Å². The highest BCUT2D eigenvalue weighted by Gasteiger charge is 2.36. The highest BCUT2D eigenvalue weighted by atomic mass is 32.2. The lowest BCUT2D eigenvalue weighted by molar-refractivity contribution is -0.141. The first kappa shape index (κ1) is 26.2. The van der Waals surface area contributed by atoms with Crippen LogP contribution in [0.3, 0.4) is 0 Å². The van der Waals surface area contributed by atoms with Gasteiger partial charge in [-0.05, 0) is 61.4 Å². The van der Waals surface area contributed by atoms with Crippen LogP contribution in [0.25, 0.3) is 5.69 Å². The Morgan fingerprint density at radius 1 is 1.05 bits per heavy atom. The van der Waals surface area contributed by atoms with Crippen LogP contribution in [0.15, 0.2) is 59.0 Å². The predicted octanol–water partition coefficient (Wildman–Crippen LogP) is 3.95. The number of carbonyl (C=O) groups excluding carboxylic acids is 1. The molecule has 1 aliphatic rings. The Labute approximate surface area is 211 Å². The molecular weight excluding hydrogens is 511 g/mol. The monoisotopic (exact) mass is 535 g/mol. The second-order valence-corrected chi connectivity index (χ2v) is 10.0. The average molecular weight is 536 g/mol. The molecule has 2 heterocycles. The normalized spacial score (nSPS) is 14.6. The van der Waals surface area contributed by atoms with Crippen molar-refractivity contribution in [3.63, 3.8) is 0 Å². The van der Waals surface area contributed by atoms with Gasteiger partial charge in [-0.15, -0.1) is 4.40 Å². The number of benzene rings is 2. The van der Waals surface area contributed by atoms with Crippen molar-refractivity contribution in [3.05, 3.63) is 71.5 Å². The van der Waals surface area contributed by atoms with Gasteiger partial charge >= 0.3 is 6.18 Å². The lowest BCUT2D eigenvalue weighted by Gasteiger charge is -2.20. The Bertz CT molecular complexity index is 1410. The second kappa shape index (κ2) is 10.2. The average Bonchev–Trinajstić information content (AvgIpc) is 3.53. The van der Waals surface area contributed by atoms with E-state index in [4.69, 9.17) is 4.74 Å². The number of hydrogen-bond acceptors (Lipinski definition) is 5. The molecule has 37 heavy (non-hydrogen) atoms. The summed E-state index contributed by atoms with van der Waals surface area (Å²) in [5.41, 5.74) is -0.462. The highest BCUT2D eigenvalue weighted by Crippen LogP contribution is 2.30. The smallest absolute Gasteiger partial charge is 0.435 e. The molecule has 4 rings (SSSR count). The quantitative estimate of drug-likeness (QED) is 0.379. The summed E-state index contributed by atoms with van der Waals surface area (Å²) in [6, 6.07) is 13.0. The summed E-state index contributed by atoms with van der Waals surface area (Å²) >= 11 is 0. The number of sulfonamides is 1. The highest BCUT2D eigenvalue weighted by molar-refractivity contribution is 7.89. The number of rotatable bonds is 6. The number of amides is 1. The van der Waals surface area contributed by atoms with E-state index in [-0.39, 0.29) is 11.4 Å². The van der Waals surface area contributed by atoms with Crippen molar-refractivity contribution in [1.29, 1.82) is 0 Å². The van der Waals surface area contributed by atoms with Crippen molar-refractivity contribution in [3.8, 4) is 11.4 Å². The van der Waals surface area contributed by atoms with E-state index in [1.54, 1.807) is 24.3 Å². The van der Waals surface area contributed by atoms with E-state index in [0.717, 1.165) is 23.8 Å². The number of anilines is 1. The number of methoxy groups -OCH3 is 1. The molecule has 0 spiro atoms. The minimum Gasteiger partial charge on any atom is -0.497 e. The number of hydrogen-bond donors (Lipinski definition) is 1. The number of aromatic nitrogens is 2. The van der Waals surface area contributed by atoms with Gasteiger partial charge < -0.3 is 15.0 Å². The van der Waals surface area contributed by atoms with Crippen LogP contribution in [-0.2, 0) is 16.2 Å². The molecular formula is C24H24F3N5O4S. The molecule has 0 atom stereocenters. The Morgan fingerprint density at radius 3 is 2.22 bits per heavy atom. The Morgan fingerprint density at radius 2 is 1.68 bits per heavy atom. The van der Waals surface area contributed by atoms with Crippen LogP contribution in [0.2, 0.25) is 0 Å². The zero-order valence-corrected chi connectivity index (χ0v) is 20.8. The molecule has 0 unspecified atom stereocenters. The molecule has 1 saturated heterocycles. The SMILES string of the molecule is COc1ccc(-n2nc(C(F)(F)F)cc2C(=O)Nc2ccc(C(=NS(C)(=O)=O)N3CCCC3)cc2)cc1. The molecule has 13 heteroatoms. The molecule has 2 aromatic carbocycles. The number of likely N-dealkylation sites (tertiary alicyclic amines) is 1. The maximum absolute atomic E-state index is 13.4. The van der Waals surface area contributed by atoms with Crippen LogP contribution >= 0.6 is 0 Å². The van der Waals surface area contributed by atoms with E-state index in [0.29, 0.717) is 42.0 Å². The topological polar surface area (TPSA) is 106 Å². The van der Waals surface area contributed by atoms with E-state index in [1.807, 2.05) is 4.90 Å². The van der Waals surface area contributed by atoms with Crippen LogP contribution in [-0.4, -0.2) is 61.3 Å². The van der Waals surface area contributed by atoms with E-state index in [1.165, 1.54) is 31.4 Å². The minimum atomic E-state index is -4.75. The number of carbonyl (C=O) groups is 1. The summed E-state index contributed by atoms with van der Waals surface area (Å²) in [6.07, 6.45) is -1.91. The molecule has 3 aromatic rings. The van der Waals surface area contributed by atoms with Gasteiger partial charge in [0.05, 0.1) is 19.1 Å². The van der Waals surface area contributed by atoms with Crippen LogP contribution in [0.5, 0.6) is 5.75 Å². The number of alkyl halides is 3.